The molecule has 2 nitrogen and oxygen atoms in total. The molecule has 0 N–H and O–H groups in total. The summed E-state index contributed by atoms with van der Waals surface area (Å²) in [6.45, 7) is 9.61. The van der Waals surface area contributed by atoms with Gasteiger partial charge in [0.15, 0.2) is 0 Å². The third-order valence-corrected chi connectivity index (χ3v) is 4.79. The van der Waals surface area contributed by atoms with Gasteiger partial charge in [-0.15, -0.1) is 0 Å². The Morgan fingerprint density at radius 3 is 2.76 bits per heavy atom. The first-order valence-electron chi connectivity index (χ1n) is 8.39. The lowest BCUT2D eigenvalue weighted by Crippen LogP contribution is -2.31. The van der Waals surface area contributed by atoms with E-state index < -0.39 is 0 Å². The first-order chi connectivity index (χ1) is 10.0. The fourth-order valence-corrected chi connectivity index (χ4v) is 3.39. The van der Waals surface area contributed by atoms with Gasteiger partial charge in [-0.1, -0.05) is 44.9 Å². The molecule has 1 amide bonds. The Balaban J connectivity index is 2.09. The van der Waals surface area contributed by atoms with Crippen LogP contribution < -0.4 is 0 Å². The van der Waals surface area contributed by atoms with Crippen molar-refractivity contribution in [3.63, 3.8) is 0 Å². The van der Waals surface area contributed by atoms with Gasteiger partial charge in [-0.2, -0.15) is 0 Å². The van der Waals surface area contributed by atoms with Gasteiger partial charge in [-0.3, -0.25) is 4.79 Å². The molecule has 1 aliphatic rings. The van der Waals surface area contributed by atoms with Gasteiger partial charge in [0.25, 0.3) is 0 Å². The van der Waals surface area contributed by atoms with Gasteiger partial charge >= 0.3 is 0 Å². The van der Waals surface area contributed by atoms with Crippen LogP contribution in [0.4, 0.5) is 0 Å². The lowest BCUT2D eigenvalue weighted by atomic mass is 9.98. The normalized spacial score (nSPS) is 19.8. The summed E-state index contributed by atoms with van der Waals surface area (Å²) in [6.07, 6.45) is 5.25. The molecule has 0 aromatic heterocycles. The SMILES string of the molecule is CCCC(C)CC(=O)N1CCCC1c1ccc(C)c(C)c1. The van der Waals surface area contributed by atoms with E-state index in [1.54, 1.807) is 0 Å². The lowest BCUT2D eigenvalue weighted by Gasteiger charge is -2.27. The average Bonchev–Trinajstić information content (AvgIpc) is 2.91. The minimum atomic E-state index is 0.297. The molecule has 0 radical (unpaired) electrons. The smallest absolute Gasteiger partial charge is 0.223 e. The molecule has 2 atom stereocenters. The highest BCUT2D eigenvalue weighted by atomic mass is 16.2. The van der Waals surface area contributed by atoms with Gasteiger partial charge in [-0.25, -0.2) is 0 Å². The van der Waals surface area contributed by atoms with Crippen LogP contribution in [-0.2, 0) is 4.79 Å². The van der Waals surface area contributed by atoms with E-state index in [1.165, 1.54) is 16.7 Å². The number of hydrogen-bond donors (Lipinski definition) is 0. The van der Waals surface area contributed by atoms with E-state index in [-0.39, 0.29) is 0 Å². The van der Waals surface area contributed by atoms with Crippen LogP contribution in [-0.4, -0.2) is 17.4 Å². The molecule has 2 heteroatoms. The molecule has 2 rings (SSSR count). The summed E-state index contributed by atoms with van der Waals surface area (Å²) in [5, 5.41) is 0. The number of benzene rings is 1. The van der Waals surface area contributed by atoms with Crippen molar-refractivity contribution in [2.45, 2.75) is 65.8 Å². The molecular formula is C19H29NO. The lowest BCUT2D eigenvalue weighted by molar-refractivity contribution is -0.133. The number of hydrogen-bond acceptors (Lipinski definition) is 1. The molecule has 1 aromatic rings. The Morgan fingerprint density at radius 2 is 2.10 bits per heavy atom. The van der Waals surface area contributed by atoms with Gasteiger partial charge < -0.3 is 4.90 Å². The summed E-state index contributed by atoms with van der Waals surface area (Å²) in [6, 6.07) is 6.95. The van der Waals surface area contributed by atoms with E-state index >= 15 is 0 Å². The molecule has 1 heterocycles. The number of amides is 1. The van der Waals surface area contributed by atoms with Crippen LogP contribution in [0, 0.1) is 19.8 Å². The van der Waals surface area contributed by atoms with Crippen molar-refractivity contribution in [2.24, 2.45) is 5.92 Å². The van der Waals surface area contributed by atoms with E-state index in [2.05, 4.69) is 50.8 Å². The van der Waals surface area contributed by atoms with Crippen molar-refractivity contribution < 1.29 is 4.79 Å². The molecule has 0 spiro atoms. The number of likely N-dealkylation sites (tertiary alicyclic amines) is 1. The highest BCUT2D eigenvalue weighted by Crippen LogP contribution is 2.33. The fraction of sp³-hybridized carbons (Fsp3) is 0.632. The molecule has 2 unspecified atom stereocenters. The van der Waals surface area contributed by atoms with Crippen LogP contribution in [0.5, 0.6) is 0 Å². The van der Waals surface area contributed by atoms with Gasteiger partial charge in [0.05, 0.1) is 6.04 Å². The predicted octanol–water partition coefficient (Wildman–Crippen LogP) is 4.79. The van der Waals surface area contributed by atoms with Gasteiger partial charge in [-0.05, 0) is 49.3 Å². The zero-order chi connectivity index (χ0) is 15.4. The Kier molecular flexibility index (Phi) is 5.44. The second kappa shape index (κ2) is 7.11. The predicted molar refractivity (Wildman–Crippen MR) is 88.3 cm³/mol. The minimum Gasteiger partial charge on any atom is -0.336 e. The molecule has 116 valence electrons. The third kappa shape index (κ3) is 3.87. The zero-order valence-corrected chi connectivity index (χ0v) is 14.0. The number of nitrogens with zero attached hydrogens (tertiary/aromatic N) is 1. The maximum absolute atomic E-state index is 12.6. The Labute approximate surface area is 129 Å². The van der Waals surface area contributed by atoms with Gasteiger partial charge in [0.2, 0.25) is 5.91 Å². The number of rotatable bonds is 5. The molecule has 0 saturated carbocycles. The standard InChI is InChI=1S/C19H29NO/c1-5-7-14(2)12-19(21)20-11-6-8-18(20)17-10-9-15(3)16(4)13-17/h9-10,13-14,18H,5-8,11-12H2,1-4H3. The largest absolute Gasteiger partial charge is 0.336 e. The van der Waals surface area contributed by atoms with Crippen LogP contribution in [0.25, 0.3) is 0 Å². The van der Waals surface area contributed by atoms with Crippen molar-refractivity contribution in [1.29, 1.82) is 0 Å². The zero-order valence-electron chi connectivity index (χ0n) is 14.0. The van der Waals surface area contributed by atoms with Gasteiger partial charge in [0, 0.05) is 13.0 Å². The van der Waals surface area contributed by atoms with Crippen molar-refractivity contribution in [3.05, 3.63) is 34.9 Å². The summed E-state index contributed by atoms with van der Waals surface area (Å²) in [7, 11) is 0. The van der Waals surface area contributed by atoms with Crippen molar-refractivity contribution in [1.82, 2.24) is 4.90 Å². The minimum absolute atomic E-state index is 0.297. The Morgan fingerprint density at radius 1 is 1.33 bits per heavy atom. The first-order valence-corrected chi connectivity index (χ1v) is 8.39. The number of carbonyl (C=O) groups is 1. The molecule has 1 aromatic carbocycles. The van der Waals surface area contributed by atoms with E-state index in [0.717, 1.165) is 32.2 Å². The van der Waals surface area contributed by atoms with Gasteiger partial charge in [0.1, 0.15) is 0 Å². The van der Waals surface area contributed by atoms with E-state index in [0.29, 0.717) is 24.3 Å². The molecule has 1 aliphatic heterocycles. The summed E-state index contributed by atoms with van der Waals surface area (Å²) < 4.78 is 0. The fourth-order valence-electron chi connectivity index (χ4n) is 3.39. The van der Waals surface area contributed by atoms with Crippen LogP contribution >= 0.6 is 0 Å². The highest BCUT2D eigenvalue weighted by Gasteiger charge is 2.30. The summed E-state index contributed by atoms with van der Waals surface area (Å²) in [5.41, 5.74) is 3.96. The summed E-state index contributed by atoms with van der Waals surface area (Å²) in [5.74, 6) is 0.847. The average molecular weight is 287 g/mol. The summed E-state index contributed by atoms with van der Waals surface area (Å²) in [4.78, 5) is 14.7. The Bertz CT molecular complexity index is 494. The van der Waals surface area contributed by atoms with E-state index in [4.69, 9.17) is 0 Å². The third-order valence-electron chi connectivity index (χ3n) is 4.79. The van der Waals surface area contributed by atoms with Crippen LogP contribution in [0.3, 0.4) is 0 Å². The maximum Gasteiger partial charge on any atom is 0.223 e. The molecule has 0 aliphatic carbocycles. The second-order valence-electron chi connectivity index (χ2n) is 6.69. The molecular weight excluding hydrogens is 258 g/mol. The summed E-state index contributed by atoms with van der Waals surface area (Å²) >= 11 is 0. The molecule has 1 saturated heterocycles. The number of carbonyl (C=O) groups excluding carboxylic acids is 1. The molecule has 0 bridgehead atoms. The monoisotopic (exact) mass is 287 g/mol. The van der Waals surface area contributed by atoms with Crippen molar-refractivity contribution in [2.75, 3.05) is 6.54 Å². The maximum atomic E-state index is 12.6. The van der Waals surface area contributed by atoms with Crippen LogP contribution in [0.1, 0.15) is 68.7 Å². The topological polar surface area (TPSA) is 20.3 Å². The second-order valence-corrected chi connectivity index (χ2v) is 6.69. The quantitative estimate of drug-likeness (QED) is 0.762. The number of aryl methyl sites for hydroxylation is 2. The van der Waals surface area contributed by atoms with E-state index in [9.17, 15) is 4.79 Å². The Hall–Kier alpha value is -1.31. The van der Waals surface area contributed by atoms with Crippen molar-refractivity contribution in [3.8, 4) is 0 Å². The highest BCUT2D eigenvalue weighted by molar-refractivity contribution is 5.77. The molecule has 21 heavy (non-hydrogen) atoms. The van der Waals surface area contributed by atoms with E-state index in [1.807, 2.05) is 0 Å². The van der Waals surface area contributed by atoms with Crippen LogP contribution in [0.2, 0.25) is 0 Å². The first kappa shape index (κ1) is 16.1. The molecule has 1 fully saturated rings. The van der Waals surface area contributed by atoms with Crippen molar-refractivity contribution >= 4 is 5.91 Å². The van der Waals surface area contributed by atoms with Crippen LogP contribution in [0.15, 0.2) is 18.2 Å².